The molecule has 1 unspecified atom stereocenters. The third-order valence-corrected chi connectivity index (χ3v) is 4.58. The van der Waals surface area contributed by atoms with E-state index in [-0.39, 0.29) is 0 Å². The van der Waals surface area contributed by atoms with Crippen LogP contribution in [0.2, 0.25) is 0 Å². The highest BCUT2D eigenvalue weighted by Gasteiger charge is 2.15. The Morgan fingerprint density at radius 2 is 1.94 bits per heavy atom. The summed E-state index contributed by atoms with van der Waals surface area (Å²) in [6.45, 7) is 5.32. The van der Waals surface area contributed by atoms with Crippen molar-refractivity contribution >= 4 is 33.9 Å². The first kappa shape index (κ1) is 13.1. The number of nitrogens with one attached hydrogen (secondary N) is 1. The van der Waals surface area contributed by atoms with E-state index < -0.39 is 0 Å². The number of benzene rings is 1. The van der Waals surface area contributed by atoms with Crippen molar-refractivity contribution < 1.29 is 0 Å². The SMILES string of the molecule is CCNC(c1ccc(I)cc1)c1sccc1C. The van der Waals surface area contributed by atoms with E-state index in [1.165, 1.54) is 19.6 Å². The van der Waals surface area contributed by atoms with E-state index in [1.54, 1.807) is 0 Å². The van der Waals surface area contributed by atoms with Gasteiger partial charge in [-0.05, 0) is 70.8 Å². The fourth-order valence-corrected chi connectivity index (χ4v) is 3.29. The summed E-state index contributed by atoms with van der Waals surface area (Å²) in [5, 5.41) is 5.74. The number of thiophene rings is 1. The van der Waals surface area contributed by atoms with Crippen molar-refractivity contribution in [3.8, 4) is 0 Å². The number of halogens is 1. The van der Waals surface area contributed by atoms with E-state index in [0.29, 0.717) is 6.04 Å². The second-order valence-electron chi connectivity index (χ2n) is 4.01. The molecule has 1 heterocycles. The van der Waals surface area contributed by atoms with Gasteiger partial charge in [-0.3, -0.25) is 0 Å². The van der Waals surface area contributed by atoms with Crippen molar-refractivity contribution in [1.29, 1.82) is 0 Å². The molecule has 0 aliphatic heterocycles. The van der Waals surface area contributed by atoms with Gasteiger partial charge in [0.25, 0.3) is 0 Å². The van der Waals surface area contributed by atoms with E-state index >= 15 is 0 Å². The number of hydrogen-bond donors (Lipinski definition) is 1. The molecule has 0 aliphatic carbocycles. The van der Waals surface area contributed by atoms with Gasteiger partial charge in [-0.1, -0.05) is 19.1 Å². The smallest absolute Gasteiger partial charge is 0.0673 e. The zero-order valence-electron chi connectivity index (χ0n) is 10.0. The fourth-order valence-electron chi connectivity index (χ4n) is 1.90. The summed E-state index contributed by atoms with van der Waals surface area (Å²) in [5.41, 5.74) is 2.72. The van der Waals surface area contributed by atoms with Crippen LogP contribution < -0.4 is 5.32 Å². The minimum atomic E-state index is 0.331. The summed E-state index contributed by atoms with van der Waals surface area (Å²) in [6, 6.07) is 11.3. The maximum Gasteiger partial charge on any atom is 0.0673 e. The highest BCUT2D eigenvalue weighted by Crippen LogP contribution is 2.29. The minimum Gasteiger partial charge on any atom is -0.306 e. The average molecular weight is 357 g/mol. The fraction of sp³-hybridized carbons (Fsp3) is 0.286. The summed E-state index contributed by atoms with van der Waals surface area (Å²) in [4.78, 5) is 1.42. The molecule has 2 rings (SSSR count). The molecule has 1 atom stereocenters. The molecule has 0 bridgehead atoms. The molecule has 0 radical (unpaired) electrons. The van der Waals surface area contributed by atoms with E-state index in [1.807, 2.05) is 11.3 Å². The molecule has 3 heteroatoms. The van der Waals surface area contributed by atoms with Crippen LogP contribution in [0.5, 0.6) is 0 Å². The van der Waals surface area contributed by atoms with Crippen LogP contribution in [0.1, 0.15) is 29.0 Å². The Kier molecular flexibility index (Phi) is 4.59. The van der Waals surface area contributed by atoms with Gasteiger partial charge < -0.3 is 5.32 Å². The van der Waals surface area contributed by atoms with Gasteiger partial charge in [0.05, 0.1) is 6.04 Å². The molecule has 0 amide bonds. The lowest BCUT2D eigenvalue weighted by molar-refractivity contribution is 0.637. The number of hydrogen-bond acceptors (Lipinski definition) is 2. The summed E-state index contributed by atoms with van der Waals surface area (Å²) in [7, 11) is 0. The van der Waals surface area contributed by atoms with Crippen LogP contribution in [-0.2, 0) is 0 Å². The Hall–Kier alpha value is -0.390. The highest BCUT2D eigenvalue weighted by atomic mass is 127. The average Bonchev–Trinajstić information content (AvgIpc) is 2.74. The van der Waals surface area contributed by atoms with Gasteiger partial charge in [0.15, 0.2) is 0 Å². The Morgan fingerprint density at radius 1 is 1.24 bits per heavy atom. The minimum absolute atomic E-state index is 0.331. The second kappa shape index (κ2) is 5.98. The monoisotopic (exact) mass is 357 g/mol. The molecule has 90 valence electrons. The van der Waals surface area contributed by atoms with Gasteiger partial charge >= 0.3 is 0 Å². The molecule has 2 aromatic rings. The van der Waals surface area contributed by atoms with Gasteiger partial charge in [0, 0.05) is 8.45 Å². The number of rotatable bonds is 4. The summed E-state index contributed by atoms with van der Waals surface area (Å²) >= 11 is 4.18. The van der Waals surface area contributed by atoms with Gasteiger partial charge in [0.1, 0.15) is 0 Å². The lowest BCUT2D eigenvalue weighted by Crippen LogP contribution is -2.21. The maximum atomic E-state index is 3.57. The first-order chi connectivity index (χ1) is 8.22. The first-order valence-corrected chi connectivity index (χ1v) is 7.71. The third-order valence-electron chi connectivity index (χ3n) is 2.78. The van der Waals surface area contributed by atoms with Crippen molar-refractivity contribution in [2.24, 2.45) is 0 Å². The van der Waals surface area contributed by atoms with E-state index in [9.17, 15) is 0 Å². The van der Waals surface area contributed by atoms with Gasteiger partial charge in [-0.15, -0.1) is 11.3 Å². The van der Waals surface area contributed by atoms with Crippen LogP contribution in [0.3, 0.4) is 0 Å². The second-order valence-corrected chi connectivity index (χ2v) is 6.20. The van der Waals surface area contributed by atoms with Crippen molar-refractivity contribution in [3.05, 3.63) is 55.3 Å². The summed E-state index contributed by atoms with van der Waals surface area (Å²) in [5.74, 6) is 0. The third kappa shape index (κ3) is 3.09. The summed E-state index contributed by atoms with van der Waals surface area (Å²) < 4.78 is 1.28. The van der Waals surface area contributed by atoms with Crippen molar-refractivity contribution in [2.75, 3.05) is 6.54 Å². The molecule has 17 heavy (non-hydrogen) atoms. The molecular formula is C14H16INS. The van der Waals surface area contributed by atoms with Crippen molar-refractivity contribution in [1.82, 2.24) is 5.32 Å². The lowest BCUT2D eigenvalue weighted by atomic mass is 10.0. The molecule has 0 aliphatic rings. The van der Waals surface area contributed by atoms with Crippen LogP contribution in [0, 0.1) is 10.5 Å². The Balaban J connectivity index is 2.35. The van der Waals surface area contributed by atoms with Crippen molar-refractivity contribution in [3.63, 3.8) is 0 Å². The maximum absolute atomic E-state index is 3.57. The lowest BCUT2D eigenvalue weighted by Gasteiger charge is -2.18. The molecule has 0 spiro atoms. The molecule has 1 nitrogen and oxygen atoms in total. The van der Waals surface area contributed by atoms with Crippen LogP contribution >= 0.6 is 33.9 Å². The Labute approximate surface area is 120 Å². The standard InChI is InChI=1S/C14H16INS/c1-3-16-13(14-10(2)8-9-17-14)11-4-6-12(15)7-5-11/h4-9,13,16H,3H2,1-2H3. The van der Waals surface area contributed by atoms with Gasteiger partial charge in [0.2, 0.25) is 0 Å². The molecule has 0 saturated heterocycles. The van der Waals surface area contributed by atoms with Crippen LogP contribution in [0.15, 0.2) is 35.7 Å². The topological polar surface area (TPSA) is 12.0 Å². The largest absolute Gasteiger partial charge is 0.306 e. The van der Waals surface area contributed by atoms with Crippen LogP contribution in [-0.4, -0.2) is 6.54 Å². The predicted octanol–water partition coefficient (Wildman–Crippen LogP) is 4.36. The van der Waals surface area contributed by atoms with Crippen LogP contribution in [0.4, 0.5) is 0 Å². The first-order valence-electron chi connectivity index (χ1n) is 5.75. The molecule has 1 aromatic carbocycles. The van der Waals surface area contributed by atoms with Crippen molar-refractivity contribution in [2.45, 2.75) is 19.9 Å². The Bertz CT molecular complexity index is 475. The zero-order valence-corrected chi connectivity index (χ0v) is 13.0. The molecule has 0 fully saturated rings. The van der Waals surface area contributed by atoms with Gasteiger partial charge in [-0.2, -0.15) is 0 Å². The van der Waals surface area contributed by atoms with Crippen LogP contribution in [0.25, 0.3) is 0 Å². The zero-order chi connectivity index (χ0) is 12.3. The summed E-state index contributed by atoms with van der Waals surface area (Å²) in [6.07, 6.45) is 0. The van der Waals surface area contributed by atoms with E-state index in [2.05, 4.69) is 77.5 Å². The molecule has 0 saturated carbocycles. The van der Waals surface area contributed by atoms with E-state index in [4.69, 9.17) is 0 Å². The van der Waals surface area contributed by atoms with Gasteiger partial charge in [-0.25, -0.2) is 0 Å². The Morgan fingerprint density at radius 3 is 2.47 bits per heavy atom. The molecule has 1 aromatic heterocycles. The number of aryl methyl sites for hydroxylation is 1. The normalized spacial score (nSPS) is 12.6. The quantitative estimate of drug-likeness (QED) is 0.802. The molecule has 1 N–H and O–H groups in total. The van der Waals surface area contributed by atoms with E-state index in [0.717, 1.165) is 6.54 Å². The molecular weight excluding hydrogens is 341 g/mol. The predicted molar refractivity (Wildman–Crippen MR) is 83.7 cm³/mol. The highest BCUT2D eigenvalue weighted by molar-refractivity contribution is 14.1.